The molecule has 5 nitrogen and oxygen atoms in total. The van der Waals surface area contributed by atoms with E-state index >= 15 is 0 Å². The Morgan fingerprint density at radius 2 is 1.79 bits per heavy atom. The van der Waals surface area contributed by atoms with E-state index in [1.54, 1.807) is 30.3 Å². The standard InChI is InChI=1S/C23H23ClN2O3/c1-14(2)25-23(28)20(26-22(27)16-8-10-19(24)11-9-16)13-18-12-17-6-4-5-7-21(17)29-15(18)3/h4-15H,1-3H3,(H,25,28)(H,26,27). The van der Waals surface area contributed by atoms with Crippen molar-refractivity contribution in [2.75, 3.05) is 0 Å². The molecule has 0 aromatic heterocycles. The number of para-hydroxylation sites is 1. The fourth-order valence-corrected chi connectivity index (χ4v) is 3.01. The summed E-state index contributed by atoms with van der Waals surface area (Å²) >= 11 is 5.89. The zero-order valence-electron chi connectivity index (χ0n) is 16.5. The predicted molar refractivity (Wildman–Crippen MR) is 115 cm³/mol. The van der Waals surface area contributed by atoms with Gasteiger partial charge in [-0.15, -0.1) is 0 Å². The molecule has 2 amide bonds. The van der Waals surface area contributed by atoms with Crippen molar-refractivity contribution in [3.63, 3.8) is 0 Å². The van der Waals surface area contributed by atoms with E-state index in [-0.39, 0.29) is 23.8 Å². The third-order valence-electron chi connectivity index (χ3n) is 4.34. The molecule has 0 saturated carbocycles. The molecule has 0 fully saturated rings. The van der Waals surface area contributed by atoms with Crippen molar-refractivity contribution in [2.45, 2.75) is 32.9 Å². The number of rotatable bonds is 5. The van der Waals surface area contributed by atoms with Gasteiger partial charge in [0, 0.05) is 22.2 Å². The maximum atomic E-state index is 12.7. The number of hydrogen-bond acceptors (Lipinski definition) is 3. The van der Waals surface area contributed by atoms with Gasteiger partial charge in [-0.3, -0.25) is 9.59 Å². The van der Waals surface area contributed by atoms with Crippen molar-refractivity contribution in [1.29, 1.82) is 0 Å². The second-order valence-electron chi connectivity index (χ2n) is 7.09. The Balaban J connectivity index is 1.93. The highest BCUT2D eigenvalue weighted by molar-refractivity contribution is 6.30. The Hall–Kier alpha value is -3.05. The number of amides is 2. The van der Waals surface area contributed by atoms with Crippen molar-refractivity contribution in [3.8, 4) is 5.75 Å². The highest BCUT2D eigenvalue weighted by atomic mass is 35.5. The molecule has 3 rings (SSSR count). The van der Waals surface area contributed by atoms with Gasteiger partial charge in [0.25, 0.3) is 11.8 Å². The number of halogens is 1. The predicted octanol–water partition coefficient (Wildman–Crippen LogP) is 4.34. The lowest BCUT2D eigenvalue weighted by molar-refractivity contribution is -0.118. The van der Waals surface area contributed by atoms with E-state index in [9.17, 15) is 9.59 Å². The largest absolute Gasteiger partial charge is 0.485 e. The lowest BCUT2D eigenvalue weighted by atomic mass is 10.0. The monoisotopic (exact) mass is 410 g/mol. The van der Waals surface area contributed by atoms with Crippen molar-refractivity contribution in [2.24, 2.45) is 0 Å². The molecule has 0 spiro atoms. The SMILES string of the molecule is CC(C)NC(=O)C(=CC1=Cc2ccccc2OC1C)NC(=O)c1ccc(Cl)cc1. The van der Waals surface area contributed by atoms with Crippen LogP contribution >= 0.6 is 11.6 Å². The average molecular weight is 411 g/mol. The first-order valence-corrected chi connectivity index (χ1v) is 9.78. The van der Waals surface area contributed by atoms with E-state index in [1.165, 1.54) is 0 Å². The molecule has 6 heteroatoms. The second-order valence-corrected chi connectivity index (χ2v) is 7.53. The van der Waals surface area contributed by atoms with Crippen molar-refractivity contribution in [1.82, 2.24) is 10.6 Å². The van der Waals surface area contributed by atoms with Crippen LogP contribution in [0.3, 0.4) is 0 Å². The topological polar surface area (TPSA) is 67.4 Å². The molecule has 2 aromatic rings. The van der Waals surface area contributed by atoms with E-state index in [0.717, 1.165) is 16.9 Å². The molecule has 0 aliphatic carbocycles. The summed E-state index contributed by atoms with van der Waals surface area (Å²) in [6.45, 7) is 5.62. The second kappa shape index (κ2) is 8.97. The molecule has 0 saturated heterocycles. The van der Waals surface area contributed by atoms with E-state index < -0.39 is 5.91 Å². The van der Waals surface area contributed by atoms with Crippen LogP contribution in [-0.2, 0) is 4.79 Å². The zero-order valence-corrected chi connectivity index (χ0v) is 17.3. The number of carbonyl (C=O) groups is 2. The van der Waals surface area contributed by atoms with Gasteiger partial charge in [0.2, 0.25) is 0 Å². The number of ether oxygens (including phenoxy) is 1. The summed E-state index contributed by atoms with van der Waals surface area (Å²) in [6.07, 6.45) is 3.35. The van der Waals surface area contributed by atoms with Crippen LogP contribution in [0.5, 0.6) is 5.75 Å². The summed E-state index contributed by atoms with van der Waals surface area (Å²) in [6, 6.07) is 14.1. The van der Waals surface area contributed by atoms with Gasteiger partial charge in [0.05, 0.1) is 0 Å². The first-order chi connectivity index (χ1) is 13.8. The molecule has 29 heavy (non-hydrogen) atoms. The summed E-state index contributed by atoms with van der Waals surface area (Å²) in [5.74, 6) is 0.0296. The summed E-state index contributed by atoms with van der Waals surface area (Å²) in [5, 5.41) is 6.08. The number of benzene rings is 2. The van der Waals surface area contributed by atoms with Crippen LogP contribution in [0.1, 0.15) is 36.7 Å². The number of hydrogen-bond donors (Lipinski definition) is 2. The maximum Gasteiger partial charge on any atom is 0.268 e. The van der Waals surface area contributed by atoms with Crippen molar-refractivity contribution >= 4 is 29.5 Å². The van der Waals surface area contributed by atoms with Gasteiger partial charge < -0.3 is 15.4 Å². The molecule has 1 aliphatic rings. The average Bonchev–Trinajstić information content (AvgIpc) is 2.67. The van der Waals surface area contributed by atoms with Crippen LogP contribution in [0.4, 0.5) is 0 Å². The Kier molecular flexibility index (Phi) is 6.39. The quantitative estimate of drug-likeness (QED) is 0.720. The van der Waals surface area contributed by atoms with Crippen LogP contribution in [0.2, 0.25) is 5.02 Å². The van der Waals surface area contributed by atoms with E-state index in [0.29, 0.717) is 10.6 Å². The Morgan fingerprint density at radius 3 is 2.48 bits per heavy atom. The Labute approximate surface area is 175 Å². The molecule has 2 aromatic carbocycles. The van der Waals surface area contributed by atoms with Gasteiger partial charge in [0.15, 0.2) is 0 Å². The molecular weight excluding hydrogens is 388 g/mol. The van der Waals surface area contributed by atoms with Gasteiger partial charge >= 0.3 is 0 Å². The number of carbonyl (C=O) groups excluding carboxylic acids is 2. The minimum atomic E-state index is -0.391. The molecule has 1 heterocycles. The van der Waals surface area contributed by atoms with E-state index in [1.807, 2.05) is 51.1 Å². The maximum absolute atomic E-state index is 12.7. The van der Waals surface area contributed by atoms with E-state index in [2.05, 4.69) is 10.6 Å². The first-order valence-electron chi connectivity index (χ1n) is 9.40. The van der Waals surface area contributed by atoms with Gasteiger partial charge in [0.1, 0.15) is 17.6 Å². The highest BCUT2D eigenvalue weighted by Gasteiger charge is 2.21. The van der Waals surface area contributed by atoms with Crippen LogP contribution < -0.4 is 15.4 Å². The third-order valence-corrected chi connectivity index (χ3v) is 4.60. The van der Waals surface area contributed by atoms with Gasteiger partial charge in [-0.05, 0) is 68.8 Å². The molecular formula is C23H23ClN2O3. The van der Waals surface area contributed by atoms with Gasteiger partial charge in [-0.2, -0.15) is 0 Å². The molecule has 1 aliphatic heterocycles. The third kappa shape index (κ3) is 5.27. The molecule has 150 valence electrons. The summed E-state index contributed by atoms with van der Waals surface area (Å²) in [5.41, 5.74) is 2.27. The lowest BCUT2D eigenvalue weighted by Crippen LogP contribution is -2.38. The van der Waals surface area contributed by atoms with Crippen molar-refractivity contribution in [3.05, 3.63) is 82.0 Å². The van der Waals surface area contributed by atoms with E-state index in [4.69, 9.17) is 16.3 Å². The number of fused-ring (bicyclic) bond motifs is 1. The van der Waals surface area contributed by atoms with Crippen LogP contribution in [0.25, 0.3) is 6.08 Å². The fourth-order valence-electron chi connectivity index (χ4n) is 2.88. The molecule has 0 bridgehead atoms. The molecule has 1 unspecified atom stereocenters. The summed E-state index contributed by atoms with van der Waals surface area (Å²) < 4.78 is 5.94. The minimum absolute atomic E-state index is 0.0759. The molecule has 1 atom stereocenters. The molecule has 2 N–H and O–H groups in total. The Bertz CT molecular complexity index is 978. The van der Waals surface area contributed by atoms with Crippen LogP contribution in [-0.4, -0.2) is 24.0 Å². The van der Waals surface area contributed by atoms with Gasteiger partial charge in [-0.1, -0.05) is 29.8 Å². The lowest BCUT2D eigenvalue weighted by Gasteiger charge is -2.23. The van der Waals surface area contributed by atoms with Gasteiger partial charge in [-0.25, -0.2) is 0 Å². The normalized spacial score (nSPS) is 15.8. The van der Waals surface area contributed by atoms with Crippen molar-refractivity contribution < 1.29 is 14.3 Å². The smallest absolute Gasteiger partial charge is 0.268 e. The van der Waals surface area contributed by atoms with Crippen LogP contribution in [0, 0.1) is 0 Å². The zero-order chi connectivity index (χ0) is 21.0. The summed E-state index contributed by atoms with van der Waals surface area (Å²) in [4.78, 5) is 25.4. The number of nitrogens with one attached hydrogen (secondary N) is 2. The summed E-state index contributed by atoms with van der Waals surface area (Å²) in [7, 11) is 0. The first kappa shape index (κ1) is 20.7. The molecule has 0 radical (unpaired) electrons. The van der Waals surface area contributed by atoms with Crippen LogP contribution in [0.15, 0.2) is 65.9 Å². The fraction of sp³-hybridized carbons (Fsp3) is 0.217. The minimum Gasteiger partial charge on any atom is -0.485 e. The Morgan fingerprint density at radius 1 is 1.10 bits per heavy atom. The highest BCUT2D eigenvalue weighted by Crippen LogP contribution is 2.30.